The van der Waals surface area contributed by atoms with E-state index in [1.165, 1.54) is 0 Å². The highest BCUT2D eigenvalue weighted by Crippen LogP contribution is 2.21. The lowest BCUT2D eigenvalue weighted by Crippen LogP contribution is -2.39. The highest BCUT2D eigenvalue weighted by molar-refractivity contribution is 5.82. The fraction of sp³-hybridized carbons (Fsp3) is 0.500. The van der Waals surface area contributed by atoms with Crippen molar-refractivity contribution in [3.8, 4) is 5.75 Å². The van der Waals surface area contributed by atoms with Crippen LogP contribution in [0.25, 0.3) is 0 Å². The van der Waals surface area contributed by atoms with Crippen molar-refractivity contribution in [3.63, 3.8) is 0 Å². The van der Waals surface area contributed by atoms with Crippen molar-refractivity contribution in [1.29, 1.82) is 0 Å². The molecule has 1 N–H and O–H groups in total. The Balaban J connectivity index is 1.77. The Hall–Kier alpha value is -2.25. The molecule has 1 aliphatic heterocycles. The minimum atomic E-state index is -4.43. The molecule has 0 bridgehead atoms. The largest absolute Gasteiger partial charge is 0.497 e. The minimum absolute atomic E-state index is 0.0929. The van der Waals surface area contributed by atoms with Gasteiger partial charge in [0, 0.05) is 19.4 Å². The number of carbonyl (C=O) groups is 2. The summed E-state index contributed by atoms with van der Waals surface area (Å²) in [7, 11) is 1.56. The van der Waals surface area contributed by atoms with Gasteiger partial charge in [0.15, 0.2) is 0 Å². The Morgan fingerprint density at radius 2 is 2.00 bits per heavy atom. The van der Waals surface area contributed by atoms with Gasteiger partial charge in [-0.25, -0.2) is 0 Å². The summed E-state index contributed by atoms with van der Waals surface area (Å²) < 4.78 is 42.1. The van der Waals surface area contributed by atoms with E-state index in [2.05, 4.69) is 5.32 Å². The number of amides is 2. The average Bonchev–Trinajstić information content (AvgIpc) is 2.83. The maximum absolute atomic E-state index is 12.3. The van der Waals surface area contributed by atoms with Gasteiger partial charge in [-0.3, -0.25) is 9.59 Å². The van der Waals surface area contributed by atoms with Gasteiger partial charge in [0.1, 0.15) is 12.3 Å². The van der Waals surface area contributed by atoms with Gasteiger partial charge in [-0.15, -0.1) is 0 Å². The van der Waals surface area contributed by atoms with E-state index in [9.17, 15) is 22.8 Å². The highest BCUT2D eigenvalue weighted by atomic mass is 19.4. The summed E-state index contributed by atoms with van der Waals surface area (Å²) in [5, 5.41) is 2.62. The van der Waals surface area contributed by atoms with Gasteiger partial charge >= 0.3 is 6.18 Å². The second-order valence-electron chi connectivity index (χ2n) is 5.71. The number of methoxy groups -OCH3 is 1. The molecule has 132 valence electrons. The van der Waals surface area contributed by atoms with Crippen LogP contribution in [-0.4, -0.2) is 49.1 Å². The zero-order chi connectivity index (χ0) is 17.7. The lowest BCUT2D eigenvalue weighted by Gasteiger charge is -2.18. The molecular weight excluding hydrogens is 325 g/mol. The highest BCUT2D eigenvalue weighted by Gasteiger charge is 2.38. The number of carbonyl (C=O) groups excluding carboxylic acids is 2. The molecule has 0 unspecified atom stereocenters. The van der Waals surface area contributed by atoms with E-state index in [1.807, 2.05) is 12.1 Å². The van der Waals surface area contributed by atoms with Crippen molar-refractivity contribution < 1.29 is 27.5 Å². The van der Waals surface area contributed by atoms with Crippen LogP contribution < -0.4 is 10.1 Å². The van der Waals surface area contributed by atoms with E-state index in [-0.39, 0.29) is 25.3 Å². The predicted octanol–water partition coefficient (Wildman–Crippen LogP) is 1.91. The molecule has 24 heavy (non-hydrogen) atoms. The summed E-state index contributed by atoms with van der Waals surface area (Å²) >= 11 is 0. The zero-order valence-electron chi connectivity index (χ0n) is 13.2. The molecule has 1 fully saturated rings. The van der Waals surface area contributed by atoms with Crippen LogP contribution in [0.15, 0.2) is 24.3 Å². The first kappa shape index (κ1) is 18.1. The third-order valence-corrected chi connectivity index (χ3v) is 3.75. The molecule has 1 heterocycles. The van der Waals surface area contributed by atoms with Crippen LogP contribution in [0.3, 0.4) is 0 Å². The number of likely N-dealkylation sites (tertiary alicyclic amines) is 1. The SMILES string of the molecule is COc1ccc(CCC(=O)N[C@@H]2CC(=O)N(CC(F)(F)F)C2)cc1. The Morgan fingerprint density at radius 3 is 2.58 bits per heavy atom. The van der Waals surface area contributed by atoms with Crippen LogP contribution >= 0.6 is 0 Å². The van der Waals surface area contributed by atoms with Crippen LogP contribution in [0.2, 0.25) is 0 Å². The average molecular weight is 344 g/mol. The molecule has 0 aliphatic carbocycles. The molecule has 5 nitrogen and oxygen atoms in total. The van der Waals surface area contributed by atoms with Gasteiger partial charge in [-0.2, -0.15) is 13.2 Å². The standard InChI is InChI=1S/C16H19F3N2O3/c1-24-13-5-2-11(3-6-13)4-7-14(22)20-12-8-15(23)21(9-12)10-16(17,18)19/h2-3,5-6,12H,4,7-10H2,1H3,(H,20,22)/t12-/m1/s1. The summed E-state index contributed by atoms with van der Waals surface area (Å²) in [5.74, 6) is -0.150. The van der Waals surface area contributed by atoms with Gasteiger partial charge in [-0.1, -0.05) is 12.1 Å². The molecule has 2 amide bonds. The number of aryl methyl sites for hydroxylation is 1. The van der Waals surface area contributed by atoms with E-state index in [0.29, 0.717) is 6.42 Å². The number of hydrogen-bond donors (Lipinski definition) is 1. The van der Waals surface area contributed by atoms with Crippen LogP contribution in [-0.2, 0) is 16.0 Å². The fourth-order valence-electron chi connectivity index (χ4n) is 2.59. The fourth-order valence-corrected chi connectivity index (χ4v) is 2.59. The third-order valence-electron chi connectivity index (χ3n) is 3.75. The van der Waals surface area contributed by atoms with Crippen LogP contribution in [0.4, 0.5) is 13.2 Å². The van der Waals surface area contributed by atoms with Crippen molar-refractivity contribution >= 4 is 11.8 Å². The summed E-state index contributed by atoms with van der Waals surface area (Å²) in [6.07, 6.45) is -3.81. The van der Waals surface area contributed by atoms with E-state index in [1.54, 1.807) is 19.2 Å². The Labute approximate surface area is 137 Å². The van der Waals surface area contributed by atoms with E-state index in [0.717, 1.165) is 16.2 Å². The molecule has 0 aromatic heterocycles. The molecule has 2 rings (SSSR count). The first-order valence-corrected chi connectivity index (χ1v) is 7.53. The molecule has 1 aromatic carbocycles. The number of nitrogens with one attached hydrogen (secondary N) is 1. The second-order valence-corrected chi connectivity index (χ2v) is 5.71. The lowest BCUT2D eigenvalue weighted by atomic mass is 10.1. The van der Waals surface area contributed by atoms with Crippen LogP contribution in [0.5, 0.6) is 5.75 Å². The summed E-state index contributed by atoms with van der Waals surface area (Å²) in [6, 6.07) is 6.70. The van der Waals surface area contributed by atoms with Crippen LogP contribution in [0.1, 0.15) is 18.4 Å². The number of benzene rings is 1. The van der Waals surface area contributed by atoms with Crippen molar-refractivity contribution in [2.75, 3.05) is 20.2 Å². The summed E-state index contributed by atoms with van der Waals surface area (Å²) in [5.41, 5.74) is 0.951. The topological polar surface area (TPSA) is 58.6 Å². The van der Waals surface area contributed by atoms with E-state index < -0.39 is 24.7 Å². The summed E-state index contributed by atoms with van der Waals surface area (Å²) in [6.45, 7) is -1.38. The maximum Gasteiger partial charge on any atom is 0.406 e. The van der Waals surface area contributed by atoms with E-state index in [4.69, 9.17) is 4.74 Å². The van der Waals surface area contributed by atoms with Crippen molar-refractivity contribution in [2.45, 2.75) is 31.5 Å². The molecule has 0 radical (unpaired) electrons. The normalized spacial score (nSPS) is 17.9. The first-order chi connectivity index (χ1) is 11.3. The van der Waals surface area contributed by atoms with Crippen LogP contribution in [0, 0.1) is 0 Å². The number of nitrogens with zero attached hydrogens (tertiary/aromatic N) is 1. The monoisotopic (exact) mass is 344 g/mol. The minimum Gasteiger partial charge on any atom is -0.497 e. The lowest BCUT2D eigenvalue weighted by molar-refractivity contribution is -0.157. The molecule has 1 aliphatic rings. The Morgan fingerprint density at radius 1 is 1.33 bits per heavy atom. The van der Waals surface area contributed by atoms with Crippen molar-refractivity contribution in [3.05, 3.63) is 29.8 Å². The van der Waals surface area contributed by atoms with Gasteiger partial charge in [0.05, 0.1) is 13.2 Å². The number of alkyl halides is 3. The Bertz CT molecular complexity index is 587. The molecule has 8 heteroatoms. The van der Waals surface area contributed by atoms with E-state index >= 15 is 0 Å². The maximum atomic E-state index is 12.3. The van der Waals surface area contributed by atoms with Gasteiger partial charge in [-0.05, 0) is 24.1 Å². The number of rotatable bonds is 6. The third kappa shape index (κ3) is 5.43. The van der Waals surface area contributed by atoms with Gasteiger partial charge in [0.25, 0.3) is 0 Å². The van der Waals surface area contributed by atoms with Gasteiger partial charge in [0.2, 0.25) is 11.8 Å². The van der Waals surface area contributed by atoms with Gasteiger partial charge < -0.3 is 15.0 Å². The molecule has 0 spiro atoms. The number of hydrogen-bond acceptors (Lipinski definition) is 3. The number of halogens is 3. The summed E-state index contributed by atoms with van der Waals surface area (Å²) in [4.78, 5) is 24.2. The quantitative estimate of drug-likeness (QED) is 0.858. The van der Waals surface area contributed by atoms with Crippen molar-refractivity contribution in [1.82, 2.24) is 10.2 Å². The molecule has 1 atom stereocenters. The molecule has 0 saturated carbocycles. The van der Waals surface area contributed by atoms with Crippen molar-refractivity contribution in [2.24, 2.45) is 0 Å². The number of ether oxygens (including phenoxy) is 1. The smallest absolute Gasteiger partial charge is 0.406 e. The second kappa shape index (κ2) is 7.55. The molecule has 1 aromatic rings. The predicted molar refractivity (Wildman–Crippen MR) is 80.5 cm³/mol. The molecular formula is C16H19F3N2O3. The Kier molecular flexibility index (Phi) is 5.69. The zero-order valence-corrected chi connectivity index (χ0v) is 13.2. The molecule has 1 saturated heterocycles. The first-order valence-electron chi connectivity index (χ1n) is 7.53.